The first-order valence-electron chi connectivity index (χ1n) is 7.81. The van der Waals surface area contributed by atoms with E-state index in [9.17, 15) is 4.79 Å². The number of nitrogens with one attached hydrogen (secondary N) is 1. The number of aliphatic imine (C=N–C) groups is 1. The fourth-order valence-electron chi connectivity index (χ4n) is 2.46. The third-order valence-electron chi connectivity index (χ3n) is 4.07. The van der Waals surface area contributed by atoms with E-state index in [2.05, 4.69) is 40.7 Å². The van der Waals surface area contributed by atoms with Crippen LogP contribution < -0.4 is 5.32 Å². The van der Waals surface area contributed by atoms with Crippen LogP contribution in [0.25, 0.3) is 0 Å². The molecule has 5 nitrogen and oxygen atoms in total. The van der Waals surface area contributed by atoms with Crippen molar-refractivity contribution in [2.24, 2.45) is 9.39 Å². The summed E-state index contributed by atoms with van der Waals surface area (Å²) >= 11 is 1.47. The summed E-state index contributed by atoms with van der Waals surface area (Å²) in [5, 5.41) is 2.91. The van der Waals surface area contributed by atoms with E-state index < -0.39 is 0 Å². The number of hydrogen-bond acceptors (Lipinski definition) is 5. The Bertz CT molecular complexity index is 678. The largest absolute Gasteiger partial charge is 0.328 e. The van der Waals surface area contributed by atoms with Gasteiger partial charge < -0.3 is 10.2 Å². The quantitative estimate of drug-likeness (QED) is 0.862. The molecule has 120 valence electrons. The number of anilines is 1. The molecule has 2 heterocycles. The van der Waals surface area contributed by atoms with Crippen molar-refractivity contribution in [1.82, 2.24) is 4.90 Å². The maximum atomic E-state index is 12.5. The molecule has 6 heteroatoms. The van der Waals surface area contributed by atoms with E-state index in [1.165, 1.54) is 17.5 Å². The van der Waals surface area contributed by atoms with Crippen molar-refractivity contribution < 1.29 is 4.79 Å². The molecule has 3 rings (SSSR count). The highest BCUT2D eigenvalue weighted by Crippen LogP contribution is 2.21. The van der Waals surface area contributed by atoms with Crippen LogP contribution in [0.1, 0.15) is 31.7 Å². The number of amidine groups is 1. The van der Waals surface area contributed by atoms with Crippen LogP contribution in [0.2, 0.25) is 0 Å². The molecular weight excluding hydrogens is 308 g/mol. The molecule has 1 amide bonds. The van der Waals surface area contributed by atoms with E-state index in [0.29, 0.717) is 17.5 Å². The lowest BCUT2D eigenvalue weighted by molar-refractivity contribution is -0.110. The second kappa shape index (κ2) is 7.00. The molecule has 0 saturated heterocycles. The standard InChI is InChI=1S/C17H20N4OS/c1-3-12(2)13-4-6-14(7-5-13)19-17(22)15-16-20-23-11-10-21(16)9-8-18-15/h4-9,12H,3,10-11H2,1-2H3,(H,19,22). The molecule has 0 radical (unpaired) electrons. The van der Waals surface area contributed by atoms with E-state index in [-0.39, 0.29) is 5.91 Å². The van der Waals surface area contributed by atoms with Crippen LogP contribution in [0.4, 0.5) is 5.69 Å². The van der Waals surface area contributed by atoms with Crippen LogP contribution >= 0.6 is 11.9 Å². The molecule has 0 fully saturated rings. The average Bonchev–Trinajstić information content (AvgIpc) is 2.61. The fraction of sp³-hybridized carbons (Fsp3) is 0.353. The highest BCUT2D eigenvalue weighted by Gasteiger charge is 2.27. The number of fused-ring (bicyclic) bond motifs is 1. The molecule has 1 unspecified atom stereocenters. The van der Waals surface area contributed by atoms with Gasteiger partial charge in [-0.15, -0.1) is 0 Å². The number of carbonyl (C=O) groups excluding carboxylic acids is 1. The van der Waals surface area contributed by atoms with Gasteiger partial charge in [0.05, 0.1) is 0 Å². The molecule has 1 aromatic carbocycles. The summed E-state index contributed by atoms with van der Waals surface area (Å²) in [6, 6.07) is 8.00. The summed E-state index contributed by atoms with van der Waals surface area (Å²) < 4.78 is 4.36. The number of hydrogen-bond donors (Lipinski definition) is 1. The summed E-state index contributed by atoms with van der Waals surface area (Å²) in [6.07, 6.45) is 4.61. The zero-order valence-electron chi connectivity index (χ0n) is 13.3. The van der Waals surface area contributed by atoms with Crippen LogP contribution in [-0.2, 0) is 4.79 Å². The zero-order chi connectivity index (χ0) is 16.2. The van der Waals surface area contributed by atoms with Gasteiger partial charge in [0, 0.05) is 30.4 Å². The molecule has 23 heavy (non-hydrogen) atoms. The number of amides is 1. The van der Waals surface area contributed by atoms with Crippen LogP contribution in [-0.4, -0.2) is 34.7 Å². The third kappa shape index (κ3) is 3.47. The molecule has 1 N–H and O–H groups in total. The molecule has 1 atom stereocenters. The van der Waals surface area contributed by atoms with Gasteiger partial charge in [-0.25, -0.2) is 4.99 Å². The summed E-state index contributed by atoms with van der Waals surface area (Å²) in [4.78, 5) is 18.7. The van der Waals surface area contributed by atoms with Gasteiger partial charge in [0.1, 0.15) is 0 Å². The SMILES string of the molecule is CCC(C)c1ccc(NC(=O)C2=NC=CN3CCSN=C23)cc1. The molecule has 0 aliphatic carbocycles. The van der Waals surface area contributed by atoms with Crippen molar-refractivity contribution in [3.8, 4) is 0 Å². The Balaban J connectivity index is 1.73. The minimum Gasteiger partial charge on any atom is -0.328 e. The summed E-state index contributed by atoms with van der Waals surface area (Å²) in [5.41, 5.74) is 2.42. The van der Waals surface area contributed by atoms with Gasteiger partial charge in [-0.05, 0) is 42.0 Å². The number of carbonyl (C=O) groups is 1. The first kappa shape index (κ1) is 15.8. The normalized spacial score (nSPS) is 17.9. The molecular formula is C17H20N4OS. The van der Waals surface area contributed by atoms with Crippen molar-refractivity contribution >= 4 is 35.1 Å². The van der Waals surface area contributed by atoms with Gasteiger partial charge in [0.15, 0.2) is 11.5 Å². The van der Waals surface area contributed by atoms with E-state index in [1.54, 1.807) is 6.20 Å². The van der Waals surface area contributed by atoms with Crippen molar-refractivity contribution in [3.05, 3.63) is 42.2 Å². The lowest BCUT2D eigenvalue weighted by Crippen LogP contribution is -2.43. The maximum Gasteiger partial charge on any atom is 0.278 e. The first-order valence-corrected chi connectivity index (χ1v) is 8.76. The molecule has 0 bridgehead atoms. The molecule has 2 aliphatic heterocycles. The van der Waals surface area contributed by atoms with Gasteiger partial charge in [0.2, 0.25) is 0 Å². The summed E-state index contributed by atoms with van der Waals surface area (Å²) in [5.74, 6) is 1.85. The van der Waals surface area contributed by atoms with Gasteiger partial charge >= 0.3 is 0 Å². The highest BCUT2D eigenvalue weighted by atomic mass is 32.2. The Labute approximate surface area is 140 Å². The molecule has 0 saturated carbocycles. The third-order valence-corrected chi connectivity index (χ3v) is 4.74. The van der Waals surface area contributed by atoms with Gasteiger partial charge in [-0.1, -0.05) is 26.0 Å². The Morgan fingerprint density at radius 2 is 2.17 bits per heavy atom. The first-order chi connectivity index (χ1) is 11.2. The molecule has 0 spiro atoms. The average molecular weight is 328 g/mol. The van der Waals surface area contributed by atoms with E-state index in [4.69, 9.17) is 0 Å². The van der Waals surface area contributed by atoms with Crippen LogP contribution in [0.3, 0.4) is 0 Å². The Morgan fingerprint density at radius 3 is 2.91 bits per heavy atom. The maximum absolute atomic E-state index is 12.5. The Kier molecular flexibility index (Phi) is 4.81. The van der Waals surface area contributed by atoms with Crippen molar-refractivity contribution in [3.63, 3.8) is 0 Å². The van der Waals surface area contributed by atoms with Crippen molar-refractivity contribution in [2.75, 3.05) is 17.6 Å². The second-order valence-electron chi connectivity index (χ2n) is 5.60. The minimum atomic E-state index is -0.225. The predicted octanol–water partition coefficient (Wildman–Crippen LogP) is 3.43. The van der Waals surface area contributed by atoms with E-state index >= 15 is 0 Å². The molecule has 0 aromatic heterocycles. The summed E-state index contributed by atoms with van der Waals surface area (Å²) in [7, 11) is 0. The number of nitrogens with zero attached hydrogens (tertiary/aromatic N) is 3. The fourth-order valence-corrected chi connectivity index (χ4v) is 3.14. The smallest absolute Gasteiger partial charge is 0.278 e. The monoisotopic (exact) mass is 328 g/mol. The topological polar surface area (TPSA) is 57.1 Å². The summed E-state index contributed by atoms with van der Waals surface area (Å²) in [6.45, 7) is 5.21. The lowest BCUT2D eigenvalue weighted by atomic mass is 9.98. The second-order valence-corrected chi connectivity index (χ2v) is 6.45. The Morgan fingerprint density at radius 1 is 1.39 bits per heavy atom. The lowest BCUT2D eigenvalue weighted by Gasteiger charge is -2.27. The van der Waals surface area contributed by atoms with Gasteiger partial charge in [-0.3, -0.25) is 4.79 Å². The van der Waals surface area contributed by atoms with E-state index in [1.807, 2.05) is 23.2 Å². The minimum absolute atomic E-state index is 0.225. The van der Waals surface area contributed by atoms with E-state index in [0.717, 1.165) is 24.4 Å². The van der Waals surface area contributed by atoms with Gasteiger partial charge in [-0.2, -0.15) is 4.40 Å². The van der Waals surface area contributed by atoms with Crippen molar-refractivity contribution in [2.45, 2.75) is 26.2 Å². The van der Waals surface area contributed by atoms with Crippen LogP contribution in [0, 0.1) is 0 Å². The Hall–Kier alpha value is -2.08. The number of rotatable bonds is 4. The molecule has 1 aromatic rings. The number of benzene rings is 1. The van der Waals surface area contributed by atoms with Crippen LogP contribution in [0.5, 0.6) is 0 Å². The van der Waals surface area contributed by atoms with Crippen molar-refractivity contribution in [1.29, 1.82) is 0 Å². The van der Waals surface area contributed by atoms with Crippen LogP contribution in [0.15, 0.2) is 46.1 Å². The molecule has 2 aliphatic rings. The van der Waals surface area contributed by atoms with Gasteiger partial charge in [0.25, 0.3) is 5.91 Å². The highest BCUT2D eigenvalue weighted by molar-refractivity contribution is 7.98. The predicted molar refractivity (Wildman–Crippen MR) is 97.0 cm³/mol. The zero-order valence-corrected chi connectivity index (χ0v) is 14.1.